The Bertz CT molecular complexity index is 628. The summed E-state index contributed by atoms with van der Waals surface area (Å²) in [5.74, 6) is 0. The van der Waals surface area contributed by atoms with E-state index in [2.05, 4.69) is 9.97 Å². The fourth-order valence-corrected chi connectivity index (χ4v) is 1.73. The first-order valence-electron chi connectivity index (χ1n) is 5.69. The molecule has 0 N–H and O–H groups in total. The SMILES string of the molecule is c1ccn2ccnc2c1.c1ccn2ccnc2c1. The van der Waals surface area contributed by atoms with Crippen LogP contribution in [0, 0.1) is 0 Å². The maximum Gasteiger partial charge on any atom is 0.136 e. The van der Waals surface area contributed by atoms with Crippen LogP contribution in [-0.4, -0.2) is 18.8 Å². The molecule has 4 aromatic heterocycles. The standard InChI is InChI=1S/2C7H6N2/c2*1-2-5-9-6-4-8-7(9)3-1/h2*1-6H. The van der Waals surface area contributed by atoms with Crippen molar-refractivity contribution in [2.24, 2.45) is 0 Å². The third-order valence-corrected chi connectivity index (χ3v) is 2.60. The highest BCUT2D eigenvalue weighted by Crippen LogP contribution is 1.97. The minimum absolute atomic E-state index is 0.998. The number of imidazole rings is 2. The summed E-state index contributed by atoms with van der Waals surface area (Å²) >= 11 is 0. The van der Waals surface area contributed by atoms with E-state index in [0.29, 0.717) is 0 Å². The van der Waals surface area contributed by atoms with Crippen molar-refractivity contribution < 1.29 is 0 Å². The van der Waals surface area contributed by atoms with E-state index in [1.54, 1.807) is 12.4 Å². The molecule has 4 heteroatoms. The van der Waals surface area contributed by atoms with Crippen LogP contribution in [0.1, 0.15) is 0 Å². The molecule has 0 radical (unpaired) electrons. The molecular formula is C14H12N4. The zero-order chi connectivity index (χ0) is 12.2. The fourth-order valence-electron chi connectivity index (χ4n) is 1.73. The van der Waals surface area contributed by atoms with Crippen molar-refractivity contribution in [2.45, 2.75) is 0 Å². The lowest BCUT2D eigenvalue weighted by Gasteiger charge is -1.86. The molecule has 4 nitrogen and oxygen atoms in total. The molecule has 0 aliphatic carbocycles. The summed E-state index contributed by atoms with van der Waals surface area (Å²) in [5, 5.41) is 0. The molecule has 4 rings (SSSR count). The van der Waals surface area contributed by atoms with E-state index in [1.807, 2.05) is 70.0 Å². The third-order valence-electron chi connectivity index (χ3n) is 2.60. The van der Waals surface area contributed by atoms with E-state index in [0.717, 1.165) is 11.3 Å². The summed E-state index contributed by atoms with van der Waals surface area (Å²) in [4.78, 5) is 8.16. The Morgan fingerprint density at radius 1 is 0.611 bits per heavy atom. The van der Waals surface area contributed by atoms with Crippen LogP contribution in [0.2, 0.25) is 0 Å². The van der Waals surface area contributed by atoms with Gasteiger partial charge in [0.25, 0.3) is 0 Å². The van der Waals surface area contributed by atoms with Gasteiger partial charge in [0.05, 0.1) is 0 Å². The Labute approximate surface area is 104 Å². The topological polar surface area (TPSA) is 34.6 Å². The van der Waals surface area contributed by atoms with Crippen LogP contribution in [0.4, 0.5) is 0 Å². The van der Waals surface area contributed by atoms with Crippen molar-refractivity contribution in [2.75, 3.05) is 0 Å². The van der Waals surface area contributed by atoms with E-state index in [-0.39, 0.29) is 0 Å². The molecule has 0 saturated carbocycles. The zero-order valence-electron chi connectivity index (χ0n) is 9.72. The first-order valence-corrected chi connectivity index (χ1v) is 5.69. The van der Waals surface area contributed by atoms with Gasteiger partial charge in [-0.15, -0.1) is 0 Å². The third kappa shape index (κ3) is 2.08. The number of pyridine rings is 2. The van der Waals surface area contributed by atoms with E-state index >= 15 is 0 Å². The summed E-state index contributed by atoms with van der Waals surface area (Å²) in [6, 6.07) is 11.9. The molecule has 0 aromatic carbocycles. The second kappa shape index (κ2) is 4.71. The maximum absolute atomic E-state index is 4.08. The van der Waals surface area contributed by atoms with Gasteiger partial charge in [-0.2, -0.15) is 0 Å². The Hall–Kier alpha value is -2.62. The van der Waals surface area contributed by atoms with E-state index < -0.39 is 0 Å². The number of rotatable bonds is 0. The van der Waals surface area contributed by atoms with Gasteiger partial charge >= 0.3 is 0 Å². The molecule has 0 aliphatic rings. The fraction of sp³-hybridized carbons (Fsp3) is 0. The summed E-state index contributed by atoms with van der Waals surface area (Å²) in [7, 11) is 0. The zero-order valence-corrected chi connectivity index (χ0v) is 9.72. The molecule has 0 saturated heterocycles. The first-order chi connectivity index (χ1) is 8.93. The van der Waals surface area contributed by atoms with E-state index in [4.69, 9.17) is 0 Å². The minimum Gasteiger partial charge on any atom is -0.307 e. The van der Waals surface area contributed by atoms with Crippen molar-refractivity contribution in [3.8, 4) is 0 Å². The lowest BCUT2D eigenvalue weighted by Crippen LogP contribution is -1.77. The van der Waals surface area contributed by atoms with Crippen molar-refractivity contribution in [1.82, 2.24) is 18.8 Å². The summed E-state index contributed by atoms with van der Waals surface area (Å²) in [6.07, 6.45) is 11.4. The number of hydrogen-bond acceptors (Lipinski definition) is 2. The van der Waals surface area contributed by atoms with Crippen LogP contribution in [0.15, 0.2) is 73.6 Å². The number of hydrogen-bond donors (Lipinski definition) is 0. The van der Waals surface area contributed by atoms with Gasteiger partial charge in [0.1, 0.15) is 11.3 Å². The van der Waals surface area contributed by atoms with Crippen LogP contribution >= 0.6 is 0 Å². The molecule has 0 unspecified atom stereocenters. The largest absolute Gasteiger partial charge is 0.307 e. The Balaban J connectivity index is 0.000000111. The molecule has 4 heterocycles. The highest BCUT2D eigenvalue weighted by Gasteiger charge is 1.86. The molecule has 0 aliphatic heterocycles. The second-order valence-electron chi connectivity index (χ2n) is 3.79. The number of aromatic nitrogens is 4. The highest BCUT2D eigenvalue weighted by atomic mass is 15.0. The normalized spacial score (nSPS) is 10.2. The Morgan fingerprint density at radius 3 is 1.56 bits per heavy atom. The predicted octanol–water partition coefficient (Wildman–Crippen LogP) is 2.67. The van der Waals surface area contributed by atoms with Gasteiger partial charge in [-0.3, -0.25) is 0 Å². The molecule has 0 spiro atoms. The van der Waals surface area contributed by atoms with Crippen molar-refractivity contribution in [1.29, 1.82) is 0 Å². The van der Waals surface area contributed by atoms with Gasteiger partial charge in [0.2, 0.25) is 0 Å². The van der Waals surface area contributed by atoms with Gasteiger partial charge in [0, 0.05) is 37.2 Å². The van der Waals surface area contributed by atoms with Gasteiger partial charge < -0.3 is 8.80 Å². The van der Waals surface area contributed by atoms with Crippen molar-refractivity contribution >= 4 is 11.3 Å². The van der Waals surface area contributed by atoms with Crippen molar-refractivity contribution in [3.63, 3.8) is 0 Å². The summed E-state index contributed by atoms with van der Waals surface area (Å²) in [6.45, 7) is 0. The van der Waals surface area contributed by atoms with Crippen LogP contribution < -0.4 is 0 Å². The van der Waals surface area contributed by atoms with Crippen LogP contribution in [0.3, 0.4) is 0 Å². The van der Waals surface area contributed by atoms with Gasteiger partial charge in [-0.05, 0) is 24.3 Å². The van der Waals surface area contributed by atoms with Gasteiger partial charge in [-0.1, -0.05) is 12.1 Å². The average molecular weight is 236 g/mol. The lowest BCUT2D eigenvalue weighted by molar-refractivity contribution is 1.19. The lowest BCUT2D eigenvalue weighted by atomic mass is 10.5. The highest BCUT2D eigenvalue weighted by molar-refractivity contribution is 5.37. The molecule has 0 amide bonds. The molecule has 0 fully saturated rings. The van der Waals surface area contributed by atoms with Crippen LogP contribution in [-0.2, 0) is 0 Å². The molecule has 18 heavy (non-hydrogen) atoms. The average Bonchev–Trinajstić information content (AvgIpc) is 3.08. The molecule has 88 valence electrons. The first kappa shape index (κ1) is 10.5. The monoisotopic (exact) mass is 236 g/mol. The van der Waals surface area contributed by atoms with Gasteiger partial charge in [0.15, 0.2) is 0 Å². The van der Waals surface area contributed by atoms with Crippen LogP contribution in [0.25, 0.3) is 11.3 Å². The maximum atomic E-state index is 4.08. The molecular weight excluding hydrogens is 224 g/mol. The van der Waals surface area contributed by atoms with Crippen LogP contribution in [0.5, 0.6) is 0 Å². The Kier molecular flexibility index (Phi) is 2.75. The predicted molar refractivity (Wildman–Crippen MR) is 70.4 cm³/mol. The number of nitrogens with zero attached hydrogens (tertiary/aromatic N) is 4. The van der Waals surface area contributed by atoms with Gasteiger partial charge in [-0.25, -0.2) is 9.97 Å². The molecule has 0 bridgehead atoms. The second-order valence-corrected chi connectivity index (χ2v) is 3.79. The van der Waals surface area contributed by atoms with E-state index in [9.17, 15) is 0 Å². The number of fused-ring (bicyclic) bond motifs is 2. The minimum atomic E-state index is 0.998. The quantitative estimate of drug-likeness (QED) is 0.470. The van der Waals surface area contributed by atoms with E-state index in [1.165, 1.54) is 0 Å². The summed E-state index contributed by atoms with van der Waals surface area (Å²) < 4.78 is 3.94. The Morgan fingerprint density at radius 2 is 1.11 bits per heavy atom. The summed E-state index contributed by atoms with van der Waals surface area (Å²) in [5.41, 5.74) is 2.00. The smallest absolute Gasteiger partial charge is 0.136 e. The molecule has 4 aromatic rings. The van der Waals surface area contributed by atoms with Crippen molar-refractivity contribution in [3.05, 3.63) is 73.6 Å². The molecule has 0 atom stereocenters.